The average molecular weight is 333 g/mol. The van der Waals surface area contributed by atoms with Gasteiger partial charge in [-0.2, -0.15) is 0 Å². The van der Waals surface area contributed by atoms with Gasteiger partial charge in [-0.05, 0) is 53.2 Å². The van der Waals surface area contributed by atoms with Crippen molar-refractivity contribution in [1.82, 2.24) is 5.32 Å². The first-order valence-corrected chi connectivity index (χ1v) is 8.09. The molecule has 24 heavy (non-hydrogen) atoms. The fourth-order valence-electron chi connectivity index (χ4n) is 2.53. The summed E-state index contributed by atoms with van der Waals surface area (Å²) in [6, 6.07) is 4.80. The van der Waals surface area contributed by atoms with E-state index in [2.05, 4.69) is 5.32 Å². The van der Waals surface area contributed by atoms with Crippen molar-refractivity contribution < 1.29 is 18.5 Å². The van der Waals surface area contributed by atoms with Crippen molar-refractivity contribution in [1.29, 1.82) is 0 Å². The first-order valence-electron chi connectivity index (χ1n) is 8.09. The van der Waals surface area contributed by atoms with Gasteiger partial charge in [-0.25, -0.2) is 4.39 Å². The van der Waals surface area contributed by atoms with Gasteiger partial charge >= 0.3 is 7.12 Å². The van der Waals surface area contributed by atoms with E-state index in [0.717, 1.165) is 5.47 Å². The minimum atomic E-state index is -0.567. The van der Waals surface area contributed by atoms with Crippen molar-refractivity contribution in [2.45, 2.75) is 45.8 Å². The van der Waals surface area contributed by atoms with Crippen molar-refractivity contribution >= 4 is 19.0 Å². The maximum absolute atomic E-state index is 14.5. The Balaban J connectivity index is 2.41. The highest BCUT2D eigenvalue weighted by molar-refractivity contribution is 6.55. The molecule has 1 aromatic carbocycles. The number of carbonyl (C=O) groups is 1. The van der Waals surface area contributed by atoms with Gasteiger partial charge in [-0.1, -0.05) is 18.2 Å². The highest BCUT2D eigenvalue weighted by atomic mass is 19.1. The molecule has 0 atom stereocenters. The number of hydrogen-bond donors (Lipinski definition) is 1. The van der Waals surface area contributed by atoms with E-state index in [1.807, 2.05) is 27.7 Å². The molecule has 0 spiro atoms. The van der Waals surface area contributed by atoms with Crippen LogP contribution in [0.4, 0.5) is 4.39 Å². The number of benzene rings is 1. The van der Waals surface area contributed by atoms with Gasteiger partial charge in [0.15, 0.2) is 5.78 Å². The van der Waals surface area contributed by atoms with E-state index in [1.165, 1.54) is 13.0 Å². The van der Waals surface area contributed by atoms with Crippen LogP contribution in [0.15, 0.2) is 23.7 Å². The van der Waals surface area contributed by atoms with Crippen LogP contribution >= 0.6 is 0 Å². The van der Waals surface area contributed by atoms with Crippen LogP contribution in [0.5, 0.6) is 0 Å². The molecule has 1 aliphatic rings. The van der Waals surface area contributed by atoms with Crippen molar-refractivity contribution in [3.8, 4) is 0 Å². The Hall–Kier alpha value is -1.50. The number of Topliss-reactive ketones (excluding diaryl/α,β-unsaturated/α-hetero) is 1. The number of halogens is 1. The van der Waals surface area contributed by atoms with Gasteiger partial charge < -0.3 is 14.6 Å². The summed E-state index contributed by atoms with van der Waals surface area (Å²) in [6.07, 6.45) is 1.69. The van der Waals surface area contributed by atoms with Gasteiger partial charge in [0.2, 0.25) is 0 Å². The normalized spacial score (nSPS) is 19.6. The quantitative estimate of drug-likeness (QED) is 0.664. The van der Waals surface area contributed by atoms with E-state index in [1.54, 1.807) is 25.3 Å². The maximum Gasteiger partial charge on any atom is 0.491 e. The topological polar surface area (TPSA) is 47.6 Å². The van der Waals surface area contributed by atoms with Crippen LogP contribution < -0.4 is 5.32 Å². The Morgan fingerprint density at radius 1 is 1.25 bits per heavy atom. The summed E-state index contributed by atoms with van der Waals surface area (Å²) in [6.45, 7) is 9.74. The third-order valence-corrected chi connectivity index (χ3v) is 4.69. The Morgan fingerprint density at radius 3 is 2.33 bits per heavy atom. The van der Waals surface area contributed by atoms with Crippen LogP contribution in [0.3, 0.4) is 0 Å². The Kier molecular flexibility index (Phi) is 5.33. The Morgan fingerprint density at radius 2 is 1.83 bits per heavy atom. The largest absolute Gasteiger partial charge is 0.491 e. The van der Waals surface area contributed by atoms with Crippen LogP contribution in [0.1, 0.15) is 50.5 Å². The van der Waals surface area contributed by atoms with Gasteiger partial charge in [-0.15, -0.1) is 0 Å². The first kappa shape index (κ1) is 18.8. The summed E-state index contributed by atoms with van der Waals surface area (Å²) in [5.41, 5.74) is 0.272. The molecular formula is C18H25BFNO3. The summed E-state index contributed by atoms with van der Waals surface area (Å²) in [4.78, 5) is 11.5. The number of hydrogen-bond acceptors (Lipinski definition) is 4. The number of likely N-dealkylation sites (N-methyl/N-ethyl adjacent to an activating group) is 1. The predicted octanol–water partition coefficient (Wildman–Crippen LogP) is 3.26. The minimum Gasteiger partial charge on any atom is -0.400 e. The molecule has 1 heterocycles. The zero-order valence-electron chi connectivity index (χ0n) is 15.2. The van der Waals surface area contributed by atoms with Gasteiger partial charge in [0.25, 0.3) is 0 Å². The second-order valence-corrected chi connectivity index (χ2v) is 7.10. The zero-order valence-corrected chi connectivity index (χ0v) is 15.2. The molecule has 0 saturated carbocycles. The molecule has 6 heteroatoms. The fraction of sp³-hybridized carbons (Fsp3) is 0.500. The molecule has 1 fully saturated rings. The van der Waals surface area contributed by atoms with Crippen LogP contribution in [0.2, 0.25) is 0 Å². The van der Waals surface area contributed by atoms with Gasteiger partial charge in [0.1, 0.15) is 5.82 Å². The molecule has 0 aliphatic carbocycles. The lowest BCUT2D eigenvalue weighted by atomic mass is 9.77. The van der Waals surface area contributed by atoms with E-state index < -0.39 is 24.1 Å². The predicted molar refractivity (Wildman–Crippen MR) is 94.4 cm³/mol. The Labute approximate surface area is 143 Å². The lowest BCUT2D eigenvalue weighted by Gasteiger charge is -2.32. The fourth-order valence-corrected chi connectivity index (χ4v) is 2.53. The van der Waals surface area contributed by atoms with Gasteiger partial charge in [0, 0.05) is 12.1 Å². The number of nitrogens with one attached hydrogen (secondary N) is 1. The molecule has 130 valence electrons. The third kappa shape index (κ3) is 3.61. The molecule has 0 radical (unpaired) electrons. The molecule has 1 aliphatic heterocycles. The van der Waals surface area contributed by atoms with Crippen LogP contribution in [0, 0.1) is 5.82 Å². The lowest BCUT2D eigenvalue weighted by Crippen LogP contribution is -2.41. The van der Waals surface area contributed by atoms with E-state index in [4.69, 9.17) is 9.31 Å². The molecule has 2 rings (SSSR count). The van der Waals surface area contributed by atoms with Crippen LogP contribution in [0.25, 0.3) is 6.08 Å². The number of carbonyl (C=O) groups excluding carboxylic acids is 1. The molecule has 4 nitrogen and oxygen atoms in total. The molecule has 0 bridgehead atoms. The third-order valence-electron chi connectivity index (χ3n) is 4.69. The summed E-state index contributed by atoms with van der Waals surface area (Å²) in [5, 5.41) is 3.06. The zero-order chi connectivity index (χ0) is 18.1. The summed E-state index contributed by atoms with van der Waals surface area (Å²) in [7, 11) is 1.24. The van der Waals surface area contributed by atoms with Crippen LogP contribution in [-0.2, 0) is 9.31 Å². The van der Waals surface area contributed by atoms with Crippen molar-refractivity contribution in [2.24, 2.45) is 0 Å². The highest BCUT2D eigenvalue weighted by Gasteiger charge is 2.52. The second kappa shape index (κ2) is 6.79. The number of ketones is 1. The maximum atomic E-state index is 14.5. The standard InChI is InChI=1S/C18H25BFNO3/c1-12(22)15-9-7-8-13(16(15)20)10-14(11-21-6)19-23-17(2,3)18(4,5)24-19/h7-10,21H,11H2,1-6H3. The minimum absolute atomic E-state index is 0.0847. The van der Waals surface area contributed by atoms with E-state index in [0.29, 0.717) is 12.1 Å². The molecule has 1 aromatic rings. The Bertz CT molecular complexity index is 654. The molecule has 0 unspecified atom stereocenters. The first-order chi connectivity index (χ1) is 11.1. The van der Waals surface area contributed by atoms with Crippen LogP contribution in [-0.4, -0.2) is 37.7 Å². The van der Waals surface area contributed by atoms with E-state index in [-0.39, 0.29) is 11.3 Å². The van der Waals surface area contributed by atoms with E-state index >= 15 is 0 Å². The highest BCUT2D eigenvalue weighted by Crippen LogP contribution is 2.38. The van der Waals surface area contributed by atoms with Crippen molar-refractivity contribution in [3.05, 3.63) is 40.6 Å². The second-order valence-electron chi connectivity index (χ2n) is 7.10. The van der Waals surface area contributed by atoms with Gasteiger partial charge in [-0.3, -0.25) is 4.79 Å². The van der Waals surface area contributed by atoms with Gasteiger partial charge in [0.05, 0.1) is 16.8 Å². The molecular weight excluding hydrogens is 308 g/mol. The van der Waals surface area contributed by atoms with Crippen molar-refractivity contribution in [3.63, 3.8) is 0 Å². The molecule has 1 saturated heterocycles. The summed E-state index contributed by atoms with van der Waals surface area (Å²) < 4.78 is 26.6. The smallest absolute Gasteiger partial charge is 0.400 e. The monoisotopic (exact) mass is 333 g/mol. The molecule has 0 aromatic heterocycles. The summed E-state index contributed by atoms with van der Waals surface area (Å²) >= 11 is 0. The SMILES string of the molecule is CNCC(=Cc1cccc(C(C)=O)c1F)B1OC(C)(C)C(C)(C)O1. The number of rotatable bonds is 5. The average Bonchev–Trinajstić information content (AvgIpc) is 2.68. The lowest BCUT2D eigenvalue weighted by molar-refractivity contribution is 0.00578. The summed E-state index contributed by atoms with van der Waals surface area (Å²) in [5.74, 6) is -0.816. The van der Waals surface area contributed by atoms with Crippen molar-refractivity contribution in [2.75, 3.05) is 13.6 Å². The molecule has 1 N–H and O–H groups in total. The van der Waals surface area contributed by atoms with E-state index in [9.17, 15) is 9.18 Å². The molecule has 0 amide bonds.